The van der Waals surface area contributed by atoms with Gasteiger partial charge in [-0.25, -0.2) is 4.79 Å². The predicted molar refractivity (Wildman–Crippen MR) is 87.2 cm³/mol. The van der Waals surface area contributed by atoms with Gasteiger partial charge < -0.3 is 16.0 Å². The van der Waals surface area contributed by atoms with Crippen LogP contribution in [0.3, 0.4) is 0 Å². The molecular formula is C17H27N3O2. The van der Waals surface area contributed by atoms with E-state index in [1.807, 2.05) is 6.08 Å². The number of carbonyl (C=O) groups excluding carboxylic acids is 2. The van der Waals surface area contributed by atoms with E-state index in [9.17, 15) is 9.59 Å². The molecule has 0 bridgehead atoms. The average Bonchev–Trinajstić information content (AvgIpc) is 2.84. The van der Waals surface area contributed by atoms with Crippen molar-refractivity contribution in [3.05, 3.63) is 23.3 Å². The van der Waals surface area contributed by atoms with Crippen molar-refractivity contribution < 1.29 is 9.59 Å². The number of nitrogens with zero attached hydrogens (tertiary/aromatic N) is 1. The SMILES string of the molecule is CC1=C(/C=C/C(=O)N2CCC(NC(N)=O)C2)C(C)(C)CCC1. The zero-order valence-electron chi connectivity index (χ0n) is 13.8. The molecule has 122 valence electrons. The number of urea groups is 1. The number of hydrogen-bond donors (Lipinski definition) is 2. The molecule has 1 aliphatic heterocycles. The van der Waals surface area contributed by atoms with E-state index < -0.39 is 6.03 Å². The Kier molecular flexibility index (Phi) is 4.94. The van der Waals surface area contributed by atoms with Crippen molar-refractivity contribution in [3.8, 4) is 0 Å². The quantitative estimate of drug-likeness (QED) is 0.785. The van der Waals surface area contributed by atoms with Gasteiger partial charge in [0, 0.05) is 25.2 Å². The van der Waals surface area contributed by atoms with Gasteiger partial charge >= 0.3 is 6.03 Å². The van der Waals surface area contributed by atoms with Gasteiger partial charge in [-0.3, -0.25) is 4.79 Å². The highest BCUT2D eigenvalue weighted by atomic mass is 16.2. The lowest BCUT2D eigenvalue weighted by Gasteiger charge is -2.33. The summed E-state index contributed by atoms with van der Waals surface area (Å²) in [4.78, 5) is 24.9. The van der Waals surface area contributed by atoms with Gasteiger partial charge in [-0.2, -0.15) is 0 Å². The van der Waals surface area contributed by atoms with Gasteiger partial charge in [-0.1, -0.05) is 25.5 Å². The predicted octanol–water partition coefficient (Wildman–Crippen LogP) is 2.34. The maximum atomic E-state index is 12.3. The third kappa shape index (κ3) is 3.90. The zero-order chi connectivity index (χ0) is 16.3. The zero-order valence-corrected chi connectivity index (χ0v) is 13.8. The van der Waals surface area contributed by atoms with Crippen LogP contribution in [0.15, 0.2) is 23.3 Å². The van der Waals surface area contributed by atoms with E-state index in [1.165, 1.54) is 17.6 Å². The van der Waals surface area contributed by atoms with E-state index >= 15 is 0 Å². The Morgan fingerprint density at radius 2 is 2.14 bits per heavy atom. The van der Waals surface area contributed by atoms with Crippen molar-refractivity contribution >= 4 is 11.9 Å². The molecule has 0 spiro atoms. The van der Waals surface area contributed by atoms with Crippen LogP contribution in [-0.2, 0) is 4.79 Å². The Morgan fingerprint density at radius 1 is 1.41 bits per heavy atom. The first kappa shape index (κ1) is 16.6. The number of allylic oxidation sites excluding steroid dienone is 3. The molecule has 2 rings (SSSR count). The fourth-order valence-corrected chi connectivity index (χ4v) is 3.55. The van der Waals surface area contributed by atoms with E-state index in [1.54, 1.807) is 11.0 Å². The van der Waals surface area contributed by atoms with Gasteiger partial charge in [0.1, 0.15) is 0 Å². The Balaban J connectivity index is 1.99. The highest BCUT2D eigenvalue weighted by molar-refractivity contribution is 5.88. The van der Waals surface area contributed by atoms with E-state index in [0.717, 1.165) is 19.3 Å². The first-order valence-corrected chi connectivity index (χ1v) is 8.03. The first-order chi connectivity index (χ1) is 10.3. The Morgan fingerprint density at radius 3 is 2.77 bits per heavy atom. The van der Waals surface area contributed by atoms with Crippen molar-refractivity contribution in [2.24, 2.45) is 11.1 Å². The second-order valence-electron chi connectivity index (χ2n) is 7.04. The van der Waals surface area contributed by atoms with Gasteiger partial charge in [-0.05, 0) is 43.6 Å². The standard InChI is InChI=1S/C17H27N3O2/c1-12-5-4-9-17(2,3)14(12)6-7-15(21)20-10-8-13(11-20)19-16(18)22/h6-7,13H,4-5,8-11H2,1-3H3,(H3,18,19,22)/b7-6+. The van der Waals surface area contributed by atoms with Crippen LogP contribution in [0.4, 0.5) is 4.79 Å². The number of nitrogens with two attached hydrogens (primary N) is 1. The Hall–Kier alpha value is -1.78. The minimum Gasteiger partial charge on any atom is -0.352 e. The summed E-state index contributed by atoms with van der Waals surface area (Å²) in [7, 11) is 0. The highest BCUT2D eigenvalue weighted by Crippen LogP contribution is 2.40. The average molecular weight is 305 g/mol. The molecule has 1 saturated heterocycles. The molecule has 3 amide bonds. The molecule has 0 radical (unpaired) electrons. The lowest BCUT2D eigenvalue weighted by atomic mass is 9.72. The summed E-state index contributed by atoms with van der Waals surface area (Å²) in [5, 5.41) is 2.66. The normalized spacial score (nSPS) is 24.9. The minimum atomic E-state index is -0.528. The number of rotatable bonds is 3. The topological polar surface area (TPSA) is 75.4 Å². The second kappa shape index (κ2) is 6.55. The molecule has 1 aliphatic carbocycles. The van der Waals surface area contributed by atoms with Crippen LogP contribution in [0, 0.1) is 5.41 Å². The number of likely N-dealkylation sites (tertiary alicyclic amines) is 1. The second-order valence-corrected chi connectivity index (χ2v) is 7.04. The fraction of sp³-hybridized carbons (Fsp3) is 0.647. The van der Waals surface area contributed by atoms with Gasteiger partial charge in [0.15, 0.2) is 0 Å². The lowest BCUT2D eigenvalue weighted by Crippen LogP contribution is -2.40. The van der Waals surface area contributed by atoms with Gasteiger partial charge in [-0.15, -0.1) is 0 Å². The molecule has 5 nitrogen and oxygen atoms in total. The van der Waals surface area contributed by atoms with E-state index in [2.05, 4.69) is 26.1 Å². The molecule has 1 atom stereocenters. The van der Waals surface area contributed by atoms with Crippen LogP contribution in [-0.4, -0.2) is 36.0 Å². The highest BCUT2D eigenvalue weighted by Gasteiger charge is 2.28. The maximum Gasteiger partial charge on any atom is 0.312 e. The van der Waals surface area contributed by atoms with Gasteiger partial charge in [0.2, 0.25) is 5.91 Å². The maximum absolute atomic E-state index is 12.3. The monoisotopic (exact) mass is 305 g/mol. The van der Waals surface area contributed by atoms with E-state index in [4.69, 9.17) is 5.73 Å². The van der Waals surface area contributed by atoms with E-state index in [0.29, 0.717) is 13.1 Å². The summed E-state index contributed by atoms with van der Waals surface area (Å²) >= 11 is 0. The number of carbonyl (C=O) groups is 2. The molecule has 1 unspecified atom stereocenters. The summed E-state index contributed by atoms with van der Waals surface area (Å²) in [6, 6.07) is -0.554. The summed E-state index contributed by atoms with van der Waals surface area (Å²) in [5.74, 6) is 0.00967. The van der Waals surface area contributed by atoms with Crippen molar-refractivity contribution in [3.63, 3.8) is 0 Å². The minimum absolute atomic E-state index is 0.00967. The Bertz CT molecular complexity index is 520. The number of hydrogen-bond acceptors (Lipinski definition) is 2. The van der Waals surface area contributed by atoms with Crippen molar-refractivity contribution in [2.75, 3.05) is 13.1 Å². The first-order valence-electron chi connectivity index (χ1n) is 8.03. The summed E-state index contributed by atoms with van der Waals surface area (Å²) in [6.45, 7) is 7.84. The van der Waals surface area contributed by atoms with Crippen LogP contribution >= 0.6 is 0 Å². The van der Waals surface area contributed by atoms with Crippen LogP contribution in [0.5, 0.6) is 0 Å². The van der Waals surface area contributed by atoms with E-state index in [-0.39, 0.29) is 17.4 Å². The molecule has 0 saturated carbocycles. The third-order valence-electron chi connectivity index (χ3n) is 4.78. The molecule has 0 aromatic heterocycles. The molecule has 3 N–H and O–H groups in total. The molecule has 1 fully saturated rings. The molecule has 0 aromatic carbocycles. The number of nitrogens with one attached hydrogen (secondary N) is 1. The number of primary amides is 1. The van der Waals surface area contributed by atoms with Gasteiger partial charge in [0.05, 0.1) is 0 Å². The van der Waals surface area contributed by atoms with Crippen molar-refractivity contribution in [1.29, 1.82) is 0 Å². The lowest BCUT2D eigenvalue weighted by molar-refractivity contribution is -0.125. The van der Waals surface area contributed by atoms with Crippen molar-refractivity contribution in [1.82, 2.24) is 10.2 Å². The molecule has 5 heteroatoms. The summed E-state index contributed by atoms with van der Waals surface area (Å²) < 4.78 is 0. The van der Waals surface area contributed by atoms with Crippen LogP contribution in [0.25, 0.3) is 0 Å². The van der Waals surface area contributed by atoms with Gasteiger partial charge in [0.25, 0.3) is 0 Å². The number of amides is 3. The molecular weight excluding hydrogens is 278 g/mol. The van der Waals surface area contributed by atoms with Crippen molar-refractivity contribution in [2.45, 2.75) is 52.5 Å². The summed E-state index contributed by atoms with van der Waals surface area (Å²) in [5.41, 5.74) is 7.93. The molecule has 2 aliphatic rings. The molecule has 1 heterocycles. The largest absolute Gasteiger partial charge is 0.352 e. The van der Waals surface area contributed by atoms with Crippen LogP contribution < -0.4 is 11.1 Å². The third-order valence-corrected chi connectivity index (χ3v) is 4.78. The Labute approximate surface area is 132 Å². The van der Waals surface area contributed by atoms with Crippen LogP contribution in [0.2, 0.25) is 0 Å². The molecule has 22 heavy (non-hydrogen) atoms. The van der Waals surface area contributed by atoms with Crippen LogP contribution in [0.1, 0.15) is 46.5 Å². The smallest absolute Gasteiger partial charge is 0.312 e. The molecule has 0 aromatic rings. The fourth-order valence-electron chi connectivity index (χ4n) is 3.55. The summed E-state index contributed by atoms with van der Waals surface area (Å²) in [6.07, 6.45) is 7.93.